The molecule has 13 heavy (non-hydrogen) atoms. The Morgan fingerprint density at radius 3 is 3.15 bits per heavy atom. The first-order chi connectivity index (χ1) is 6.33. The summed E-state index contributed by atoms with van der Waals surface area (Å²) >= 11 is 0. The van der Waals surface area contributed by atoms with Crippen molar-refractivity contribution in [2.75, 3.05) is 6.61 Å². The highest BCUT2D eigenvalue weighted by molar-refractivity contribution is 5.11. The van der Waals surface area contributed by atoms with Crippen LogP contribution in [0.15, 0.2) is 5.11 Å². The van der Waals surface area contributed by atoms with E-state index in [1.54, 1.807) is 0 Å². The lowest BCUT2D eigenvalue weighted by atomic mass is 9.68. The van der Waals surface area contributed by atoms with E-state index in [-0.39, 0.29) is 24.0 Å². The third-order valence-electron chi connectivity index (χ3n) is 3.24. The van der Waals surface area contributed by atoms with Gasteiger partial charge >= 0.3 is 0 Å². The lowest BCUT2D eigenvalue weighted by Gasteiger charge is -2.45. The summed E-state index contributed by atoms with van der Waals surface area (Å²) in [5.41, 5.74) is 8.33. The van der Waals surface area contributed by atoms with E-state index < -0.39 is 12.4 Å². The molecule has 6 heteroatoms. The van der Waals surface area contributed by atoms with Gasteiger partial charge in [-0.2, -0.15) is 0 Å². The third-order valence-corrected chi connectivity index (χ3v) is 3.24. The van der Waals surface area contributed by atoms with Gasteiger partial charge in [0, 0.05) is 16.7 Å². The van der Waals surface area contributed by atoms with Gasteiger partial charge in [0.1, 0.15) is 0 Å². The van der Waals surface area contributed by atoms with E-state index in [2.05, 4.69) is 10.0 Å². The molecule has 1 N–H and O–H groups in total. The SMILES string of the molecule is [N-]=[N+]=NC1C2C3O[C@H]1OCC3[C@H]2O. The van der Waals surface area contributed by atoms with Crippen molar-refractivity contribution < 1.29 is 14.6 Å². The summed E-state index contributed by atoms with van der Waals surface area (Å²) in [4.78, 5) is 2.74. The van der Waals surface area contributed by atoms with Crippen LogP contribution in [0.3, 0.4) is 0 Å². The van der Waals surface area contributed by atoms with Crippen molar-refractivity contribution in [3.05, 3.63) is 10.4 Å². The average molecular weight is 183 g/mol. The van der Waals surface area contributed by atoms with E-state index in [1.165, 1.54) is 0 Å². The van der Waals surface area contributed by atoms with Gasteiger partial charge in [0.25, 0.3) is 0 Å². The molecular formula is C7H9N3O3. The van der Waals surface area contributed by atoms with E-state index >= 15 is 0 Å². The standard InChI is InChI=1S/C7H9N3O3/c8-10-9-4-3-5(11)2-1-12-7(4)13-6(2)3/h2-7,11H,1H2/t2?,3?,4?,5-,6?,7-/m1/s1. The van der Waals surface area contributed by atoms with Crippen molar-refractivity contribution in [3.8, 4) is 0 Å². The molecule has 0 amide bonds. The number of hydrogen-bond acceptors (Lipinski definition) is 4. The number of fused-ring (bicyclic) bond motifs is 1. The Kier molecular flexibility index (Phi) is 1.38. The second-order valence-electron chi connectivity index (χ2n) is 3.73. The highest BCUT2D eigenvalue weighted by Crippen LogP contribution is 2.51. The monoisotopic (exact) mass is 183 g/mol. The van der Waals surface area contributed by atoms with Crippen LogP contribution in [0.1, 0.15) is 0 Å². The summed E-state index contributed by atoms with van der Waals surface area (Å²) in [5.74, 6) is 0.0357. The Bertz CT molecular complexity index is 291. The Morgan fingerprint density at radius 1 is 1.54 bits per heavy atom. The zero-order valence-corrected chi connectivity index (χ0v) is 6.78. The van der Waals surface area contributed by atoms with Gasteiger partial charge in [-0.3, -0.25) is 0 Å². The van der Waals surface area contributed by atoms with Gasteiger partial charge in [0.15, 0.2) is 6.29 Å². The van der Waals surface area contributed by atoms with E-state index in [4.69, 9.17) is 15.0 Å². The summed E-state index contributed by atoms with van der Waals surface area (Å²) in [7, 11) is 0. The number of aliphatic hydroxyl groups excluding tert-OH is 1. The molecule has 0 aromatic heterocycles. The number of ether oxygens (including phenoxy) is 2. The van der Waals surface area contributed by atoms with Crippen molar-refractivity contribution in [1.82, 2.24) is 0 Å². The number of rotatable bonds is 1. The first-order valence-electron chi connectivity index (χ1n) is 4.32. The largest absolute Gasteiger partial charge is 0.392 e. The van der Waals surface area contributed by atoms with Gasteiger partial charge in [0.2, 0.25) is 0 Å². The number of hydrogen-bond donors (Lipinski definition) is 1. The maximum Gasteiger partial charge on any atom is 0.166 e. The molecule has 2 saturated heterocycles. The van der Waals surface area contributed by atoms with Crippen LogP contribution in [-0.4, -0.2) is 36.3 Å². The van der Waals surface area contributed by atoms with Gasteiger partial charge < -0.3 is 14.6 Å². The first-order valence-corrected chi connectivity index (χ1v) is 4.32. The maximum atomic E-state index is 9.66. The number of nitrogens with zero attached hydrogens (tertiary/aromatic N) is 3. The minimum absolute atomic E-state index is 0.0456. The quantitative estimate of drug-likeness (QED) is 0.353. The summed E-state index contributed by atoms with van der Waals surface area (Å²) in [6, 6.07) is -0.344. The molecule has 3 fully saturated rings. The Hall–Kier alpha value is -0.810. The second kappa shape index (κ2) is 2.36. The average Bonchev–Trinajstić information content (AvgIpc) is 2.27. The van der Waals surface area contributed by atoms with E-state index in [1.807, 2.05) is 0 Å². The molecule has 0 aromatic rings. The Labute approximate surface area is 74.1 Å². The summed E-state index contributed by atoms with van der Waals surface area (Å²) in [6.07, 6.45) is -0.809. The zero-order chi connectivity index (χ0) is 9.00. The fourth-order valence-electron chi connectivity index (χ4n) is 2.55. The van der Waals surface area contributed by atoms with Crippen molar-refractivity contribution in [1.29, 1.82) is 0 Å². The lowest BCUT2D eigenvalue weighted by Crippen LogP contribution is -2.57. The summed E-state index contributed by atoms with van der Waals surface area (Å²) in [6.45, 7) is 0.518. The van der Waals surface area contributed by atoms with Crippen LogP contribution in [0.2, 0.25) is 0 Å². The third kappa shape index (κ3) is 0.763. The first kappa shape index (κ1) is 7.58. The van der Waals surface area contributed by atoms with Crippen molar-refractivity contribution >= 4 is 0 Å². The fraction of sp³-hybridized carbons (Fsp3) is 1.00. The van der Waals surface area contributed by atoms with Gasteiger partial charge in [0.05, 0.1) is 24.9 Å². The molecule has 4 unspecified atom stereocenters. The maximum absolute atomic E-state index is 9.66. The normalized spacial score (nSPS) is 56.7. The van der Waals surface area contributed by atoms with Crippen LogP contribution in [0.25, 0.3) is 10.4 Å². The lowest BCUT2D eigenvalue weighted by molar-refractivity contribution is -0.250. The van der Waals surface area contributed by atoms with E-state index in [0.29, 0.717) is 6.61 Å². The molecule has 70 valence electrons. The number of aliphatic hydroxyl groups is 1. The summed E-state index contributed by atoms with van der Waals surface area (Å²) < 4.78 is 10.8. The minimum atomic E-state index is -0.431. The molecule has 6 atom stereocenters. The fourth-order valence-corrected chi connectivity index (χ4v) is 2.55. The molecule has 6 nitrogen and oxygen atoms in total. The van der Waals surface area contributed by atoms with Crippen LogP contribution in [0, 0.1) is 11.8 Å². The molecule has 3 rings (SSSR count). The Balaban J connectivity index is 1.94. The number of azide groups is 1. The molecule has 0 spiro atoms. The highest BCUT2D eigenvalue weighted by atomic mass is 16.7. The van der Waals surface area contributed by atoms with Gasteiger partial charge in [-0.1, -0.05) is 5.11 Å². The summed E-state index contributed by atoms with van der Waals surface area (Å²) in [5, 5.41) is 13.3. The zero-order valence-electron chi connectivity index (χ0n) is 6.78. The molecule has 2 aliphatic heterocycles. The molecule has 1 aliphatic carbocycles. The van der Waals surface area contributed by atoms with Crippen molar-refractivity contribution in [2.45, 2.75) is 24.5 Å². The van der Waals surface area contributed by atoms with Crippen molar-refractivity contribution in [2.24, 2.45) is 17.0 Å². The molecule has 0 aromatic carbocycles. The molecule has 2 bridgehead atoms. The van der Waals surface area contributed by atoms with Crippen molar-refractivity contribution in [3.63, 3.8) is 0 Å². The molecule has 3 aliphatic rings. The topological polar surface area (TPSA) is 87.5 Å². The molecular weight excluding hydrogens is 174 g/mol. The molecule has 1 saturated carbocycles. The van der Waals surface area contributed by atoms with Gasteiger partial charge in [-0.25, -0.2) is 0 Å². The van der Waals surface area contributed by atoms with Crippen LogP contribution < -0.4 is 0 Å². The van der Waals surface area contributed by atoms with E-state index in [9.17, 15) is 5.11 Å². The van der Waals surface area contributed by atoms with Crippen LogP contribution in [-0.2, 0) is 9.47 Å². The Morgan fingerprint density at radius 2 is 2.38 bits per heavy atom. The van der Waals surface area contributed by atoms with Gasteiger partial charge in [-0.15, -0.1) is 0 Å². The molecule has 2 heterocycles. The predicted octanol–water partition coefficient (Wildman–Crippen LogP) is 0.0273. The van der Waals surface area contributed by atoms with E-state index in [0.717, 1.165) is 0 Å². The van der Waals surface area contributed by atoms with Crippen LogP contribution in [0.4, 0.5) is 0 Å². The smallest absolute Gasteiger partial charge is 0.166 e. The highest BCUT2D eigenvalue weighted by Gasteiger charge is 2.64. The van der Waals surface area contributed by atoms with Crippen LogP contribution in [0.5, 0.6) is 0 Å². The van der Waals surface area contributed by atoms with Gasteiger partial charge in [-0.05, 0) is 5.53 Å². The molecule has 0 radical (unpaired) electrons. The predicted molar refractivity (Wildman–Crippen MR) is 40.5 cm³/mol. The van der Waals surface area contributed by atoms with Crippen LogP contribution >= 0.6 is 0 Å². The minimum Gasteiger partial charge on any atom is -0.392 e. The second-order valence-corrected chi connectivity index (χ2v) is 3.73.